The lowest BCUT2D eigenvalue weighted by Crippen LogP contribution is -2.43. The molecule has 0 N–H and O–H groups in total. The first-order chi connectivity index (χ1) is 20.9. The summed E-state index contributed by atoms with van der Waals surface area (Å²) < 4.78 is 25.9. The number of furan rings is 1. The summed E-state index contributed by atoms with van der Waals surface area (Å²) in [6, 6.07) is 18.0. The third-order valence-corrected chi connectivity index (χ3v) is 8.02. The Labute approximate surface area is 263 Å². The molecule has 0 saturated carbocycles. The number of aromatic nitrogens is 2. The molecule has 1 aliphatic rings. The molecule has 5 aromatic rings. The summed E-state index contributed by atoms with van der Waals surface area (Å²) in [5, 5.41) is 5.84. The number of para-hydroxylation sites is 1. The van der Waals surface area contributed by atoms with E-state index in [0.717, 1.165) is 9.86 Å². The van der Waals surface area contributed by atoms with Crippen molar-refractivity contribution in [2.45, 2.75) is 6.92 Å². The molecule has 3 heterocycles. The second kappa shape index (κ2) is 12.7. The van der Waals surface area contributed by atoms with Crippen molar-refractivity contribution in [3.05, 3.63) is 85.5 Å². The molecule has 220 valence electrons. The van der Waals surface area contributed by atoms with Gasteiger partial charge in [-0.25, -0.2) is 4.98 Å². The Morgan fingerprint density at radius 1 is 1.05 bits per heavy atom. The molecule has 12 heteroatoms. The molecule has 2 aromatic heterocycles. The largest absolute Gasteiger partial charge is 0.490 e. The van der Waals surface area contributed by atoms with Gasteiger partial charge in [0.2, 0.25) is 5.82 Å². The summed E-state index contributed by atoms with van der Waals surface area (Å²) in [6.07, 6.45) is 1.54. The molecule has 0 spiro atoms. The van der Waals surface area contributed by atoms with Crippen LogP contribution in [0.25, 0.3) is 33.5 Å². The topological polar surface area (TPSA) is 108 Å². The second-order valence-electron chi connectivity index (χ2n) is 9.64. The quantitative estimate of drug-likeness (QED) is 0.186. The maximum absolute atomic E-state index is 13.7. The molecule has 1 amide bonds. The van der Waals surface area contributed by atoms with Gasteiger partial charge in [-0.1, -0.05) is 28.1 Å². The first kappa shape index (κ1) is 29.1. The van der Waals surface area contributed by atoms with Gasteiger partial charge < -0.3 is 23.5 Å². The molecule has 10 nitrogen and oxygen atoms in total. The Morgan fingerprint density at radius 2 is 1.84 bits per heavy atom. The fraction of sp³-hybridized carbons (Fsp3) is 0.226. The van der Waals surface area contributed by atoms with Gasteiger partial charge in [-0.2, -0.15) is 9.78 Å². The average molecular weight is 710 g/mol. The number of ether oxygens (including phenoxy) is 3. The van der Waals surface area contributed by atoms with Gasteiger partial charge in [-0.3, -0.25) is 9.59 Å². The van der Waals surface area contributed by atoms with E-state index in [-0.39, 0.29) is 23.9 Å². The van der Waals surface area contributed by atoms with Crippen LogP contribution in [-0.4, -0.2) is 66.2 Å². The molecule has 6 rings (SSSR count). The lowest BCUT2D eigenvalue weighted by molar-refractivity contribution is -0.137. The Balaban J connectivity index is 1.36. The zero-order valence-electron chi connectivity index (χ0n) is 23.1. The van der Waals surface area contributed by atoms with Gasteiger partial charge in [0.1, 0.15) is 5.58 Å². The van der Waals surface area contributed by atoms with Crippen molar-refractivity contribution < 1.29 is 23.4 Å². The van der Waals surface area contributed by atoms with E-state index >= 15 is 0 Å². The highest BCUT2D eigenvalue weighted by atomic mass is 79.9. The number of hydrogen-bond donors (Lipinski definition) is 0. The van der Waals surface area contributed by atoms with E-state index in [0.29, 0.717) is 76.7 Å². The third kappa shape index (κ3) is 6.22. The van der Waals surface area contributed by atoms with Crippen LogP contribution < -0.4 is 15.0 Å². The predicted molar refractivity (Wildman–Crippen MR) is 170 cm³/mol. The van der Waals surface area contributed by atoms with E-state index < -0.39 is 0 Å². The van der Waals surface area contributed by atoms with Gasteiger partial charge in [-0.05, 0) is 71.4 Å². The van der Waals surface area contributed by atoms with Crippen LogP contribution in [0.2, 0.25) is 0 Å². The molecule has 43 heavy (non-hydrogen) atoms. The van der Waals surface area contributed by atoms with Gasteiger partial charge >= 0.3 is 0 Å². The third-order valence-electron chi connectivity index (χ3n) is 6.84. The second-order valence-corrected chi connectivity index (χ2v) is 11.4. The molecule has 0 unspecified atom stereocenters. The van der Waals surface area contributed by atoms with Gasteiger partial charge in [-0.15, -0.1) is 0 Å². The number of morpholine rings is 1. The zero-order chi connectivity index (χ0) is 29.9. The standard InChI is InChI=1S/C31H26Br2N4O6/c1-2-41-26-15-20(23(33)16-27(26)42-18-29(38)36-9-11-40-12-10-36)17-34-37-30(35-24-6-4-3-5-22(24)31(37)39)28-14-19-13-21(32)7-8-25(19)43-28/h3-8,13-17H,2,9-12,18H2,1H3. The number of hydrogen-bond acceptors (Lipinski definition) is 8. The summed E-state index contributed by atoms with van der Waals surface area (Å²) in [6.45, 7) is 4.22. The van der Waals surface area contributed by atoms with Crippen LogP contribution in [0.5, 0.6) is 11.5 Å². The molecule has 0 aliphatic carbocycles. The van der Waals surface area contributed by atoms with Crippen LogP contribution in [0, 0.1) is 0 Å². The highest BCUT2D eigenvalue weighted by molar-refractivity contribution is 9.10. The fourth-order valence-corrected chi connectivity index (χ4v) is 5.51. The maximum atomic E-state index is 13.7. The molecular formula is C31H26Br2N4O6. The maximum Gasteiger partial charge on any atom is 0.282 e. The van der Waals surface area contributed by atoms with Crippen LogP contribution in [0.4, 0.5) is 0 Å². The first-order valence-corrected chi connectivity index (χ1v) is 15.2. The van der Waals surface area contributed by atoms with Gasteiger partial charge in [0.25, 0.3) is 11.5 Å². The molecule has 0 radical (unpaired) electrons. The minimum absolute atomic E-state index is 0.124. The van der Waals surface area contributed by atoms with Gasteiger partial charge in [0, 0.05) is 33.0 Å². The van der Waals surface area contributed by atoms with Gasteiger partial charge in [0.15, 0.2) is 23.9 Å². The Hall–Kier alpha value is -4.00. The summed E-state index contributed by atoms with van der Waals surface area (Å²) >= 11 is 7.06. The number of benzene rings is 3. The van der Waals surface area contributed by atoms with Crippen molar-refractivity contribution in [1.82, 2.24) is 14.6 Å². The Morgan fingerprint density at radius 3 is 2.65 bits per heavy atom. The number of fused-ring (bicyclic) bond motifs is 2. The lowest BCUT2D eigenvalue weighted by atomic mass is 10.2. The molecule has 1 aliphatic heterocycles. The molecule has 0 bridgehead atoms. The Bertz CT molecular complexity index is 1910. The highest BCUT2D eigenvalue weighted by Crippen LogP contribution is 2.34. The van der Waals surface area contributed by atoms with Gasteiger partial charge in [0.05, 0.1) is 36.9 Å². The zero-order valence-corrected chi connectivity index (χ0v) is 26.3. The van der Waals surface area contributed by atoms with Crippen molar-refractivity contribution in [3.63, 3.8) is 0 Å². The fourth-order valence-electron chi connectivity index (χ4n) is 4.71. The number of amides is 1. The average Bonchev–Trinajstić information content (AvgIpc) is 3.44. The highest BCUT2D eigenvalue weighted by Gasteiger charge is 2.20. The van der Waals surface area contributed by atoms with Crippen molar-refractivity contribution >= 4 is 65.9 Å². The van der Waals surface area contributed by atoms with E-state index in [2.05, 4.69) is 37.0 Å². The van der Waals surface area contributed by atoms with Crippen molar-refractivity contribution in [3.8, 4) is 23.1 Å². The van der Waals surface area contributed by atoms with Crippen LogP contribution in [0.15, 0.2) is 83.9 Å². The van der Waals surface area contributed by atoms with E-state index in [4.69, 9.17) is 23.6 Å². The van der Waals surface area contributed by atoms with E-state index in [1.54, 1.807) is 35.2 Å². The molecule has 1 saturated heterocycles. The summed E-state index contributed by atoms with van der Waals surface area (Å²) in [5.41, 5.74) is 1.46. The summed E-state index contributed by atoms with van der Waals surface area (Å²) in [5.74, 6) is 1.38. The lowest BCUT2D eigenvalue weighted by Gasteiger charge is -2.26. The smallest absolute Gasteiger partial charge is 0.282 e. The van der Waals surface area contributed by atoms with Crippen LogP contribution in [0.3, 0.4) is 0 Å². The number of nitrogens with zero attached hydrogens (tertiary/aromatic N) is 4. The SMILES string of the molecule is CCOc1cc(C=Nn2c(-c3cc4cc(Br)ccc4o3)nc3ccccc3c2=O)c(Br)cc1OCC(=O)N1CCOCC1. The minimum atomic E-state index is -0.346. The summed E-state index contributed by atoms with van der Waals surface area (Å²) in [7, 11) is 0. The number of carbonyl (C=O) groups excluding carboxylic acids is 1. The van der Waals surface area contributed by atoms with Crippen molar-refractivity contribution in [1.29, 1.82) is 0 Å². The molecule has 0 atom stereocenters. The predicted octanol–water partition coefficient (Wildman–Crippen LogP) is 5.85. The normalized spacial score (nSPS) is 13.7. The number of rotatable bonds is 8. The van der Waals surface area contributed by atoms with Crippen LogP contribution >= 0.6 is 31.9 Å². The monoisotopic (exact) mass is 708 g/mol. The molecular weight excluding hydrogens is 684 g/mol. The van der Waals surface area contributed by atoms with Crippen molar-refractivity contribution in [2.24, 2.45) is 5.10 Å². The molecule has 3 aromatic carbocycles. The first-order valence-electron chi connectivity index (χ1n) is 13.6. The minimum Gasteiger partial charge on any atom is -0.490 e. The number of carbonyl (C=O) groups is 1. The van der Waals surface area contributed by atoms with Crippen LogP contribution in [-0.2, 0) is 9.53 Å². The molecule has 1 fully saturated rings. The Kier molecular flexibility index (Phi) is 8.59. The van der Waals surface area contributed by atoms with Crippen molar-refractivity contribution in [2.75, 3.05) is 39.5 Å². The number of halogens is 2. The van der Waals surface area contributed by atoms with E-state index in [1.165, 1.54) is 10.9 Å². The van der Waals surface area contributed by atoms with Crippen LogP contribution in [0.1, 0.15) is 12.5 Å². The summed E-state index contributed by atoms with van der Waals surface area (Å²) in [4.78, 5) is 32.7. The van der Waals surface area contributed by atoms with E-state index in [1.807, 2.05) is 37.3 Å². The van der Waals surface area contributed by atoms with E-state index in [9.17, 15) is 9.59 Å².